The third kappa shape index (κ3) is 5.21. The largest absolute Gasteiger partial charge is 0.454 e. The molecule has 0 aromatic heterocycles. The molecule has 2 aliphatic heterocycles. The summed E-state index contributed by atoms with van der Waals surface area (Å²) in [7, 11) is 7.46. The van der Waals surface area contributed by atoms with E-state index in [9.17, 15) is 9.90 Å². The van der Waals surface area contributed by atoms with Gasteiger partial charge in [0, 0.05) is 42.5 Å². The second kappa shape index (κ2) is 11.3. The van der Waals surface area contributed by atoms with Crippen molar-refractivity contribution >= 4 is 5.97 Å². The molecule has 0 radical (unpaired) electrons. The van der Waals surface area contributed by atoms with E-state index in [0.29, 0.717) is 0 Å². The molecule has 11 heteroatoms. The topological polar surface area (TPSA) is 120 Å². The number of methoxy groups -OCH3 is 5. The minimum absolute atomic E-state index is 0.358. The number of aliphatic hydroxyl groups is 1. The highest BCUT2D eigenvalue weighted by atomic mass is 16.8. The first kappa shape index (κ1) is 26.4. The molecule has 2 rings (SSSR count). The zero-order valence-corrected chi connectivity index (χ0v) is 19.4. The molecule has 11 nitrogen and oxygen atoms in total. The summed E-state index contributed by atoms with van der Waals surface area (Å²) < 4.78 is 51.7. The summed E-state index contributed by atoms with van der Waals surface area (Å²) in [6.07, 6.45) is -6.80. The zero-order valence-electron chi connectivity index (χ0n) is 19.4. The lowest BCUT2D eigenvalue weighted by molar-refractivity contribution is -0.389. The van der Waals surface area contributed by atoms with Crippen LogP contribution in [0.2, 0.25) is 0 Å². The van der Waals surface area contributed by atoms with Crippen LogP contribution in [0.15, 0.2) is 0 Å². The highest BCUT2D eigenvalue weighted by molar-refractivity contribution is 5.66. The van der Waals surface area contributed by atoms with Gasteiger partial charge in [0.05, 0.1) is 12.7 Å². The second-order valence-corrected chi connectivity index (χ2v) is 7.76. The van der Waals surface area contributed by atoms with Crippen LogP contribution in [0.3, 0.4) is 0 Å². The van der Waals surface area contributed by atoms with Gasteiger partial charge >= 0.3 is 5.97 Å². The van der Waals surface area contributed by atoms with Crippen molar-refractivity contribution in [1.82, 2.24) is 0 Å². The van der Waals surface area contributed by atoms with Gasteiger partial charge in [-0.05, 0) is 13.8 Å². The van der Waals surface area contributed by atoms with Crippen molar-refractivity contribution < 1.29 is 52.5 Å². The lowest BCUT2D eigenvalue weighted by Crippen LogP contribution is -2.70. The maximum absolute atomic E-state index is 11.9. The van der Waals surface area contributed by atoms with Gasteiger partial charge in [-0.3, -0.25) is 4.79 Å². The standard InChI is InChI=1S/C20H36O11/c1-10-16(25-6)20(3,17(26-7)19(27-8)28-10)31-18-15(29-11(2)22)14(24-5)13(23-4)12(9-21)30-18/h10,12-19,21H,9H2,1-8H3/t10-,12+,13+,14-,15+,16-,17-,18-,19+,20+/m0/s1. The van der Waals surface area contributed by atoms with Crippen molar-refractivity contribution in [2.75, 3.05) is 42.2 Å². The SMILES string of the molecule is CO[C@@H]1O[C@@H](C)[C@H](OC)[C@@](C)(O[C@@H]2O[C@H](CO)[C@@H](OC)[C@H](OC)[C@H]2OC(C)=O)[C@H]1OC. The average molecular weight is 452 g/mol. The van der Waals surface area contributed by atoms with Gasteiger partial charge in [-0.2, -0.15) is 0 Å². The highest BCUT2D eigenvalue weighted by Gasteiger charge is 2.59. The van der Waals surface area contributed by atoms with E-state index >= 15 is 0 Å². The summed E-state index contributed by atoms with van der Waals surface area (Å²) >= 11 is 0. The maximum Gasteiger partial charge on any atom is 0.303 e. The third-order valence-corrected chi connectivity index (χ3v) is 5.88. The van der Waals surface area contributed by atoms with Gasteiger partial charge < -0.3 is 47.7 Å². The minimum Gasteiger partial charge on any atom is -0.454 e. The Morgan fingerprint density at radius 2 is 1.48 bits per heavy atom. The van der Waals surface area contributed by atoms with Gasteiger partial charge in [-0.15, -0.1) is 0 Å². The lowest BCUT2D eigenvalue weighted by atomic mass is 9.85. The monoisotopic (exact) mass is 452 g/mol. The molecule has 0 bridgehead atoms. The molecule has 0 aromatic carbocycles. The van der Waals surface area contributed by atoms with Crippen LogP contribution in [0.25, 0.3) is 0 Å². The molecule has 0 amide bonds. The van der Waals surface area contributed by atoms with E-state index in [1.807, 2.05) is 6.92 Å². The van der Waals surface area contributed by atoms with Gasteiger partial charge in [0.15, 0.2) is 18.7 Å². The average Bonchev–Trinajstić information content (AvgIpc) is 2.73. The fourth-order valence-electron chi connectivity index (χ4n) is 4.58. The summed E-state index contributed by atoms with van der Waals surface area (Å²) in [5, 5.41) is 9.87. The zero-order chi connectivity index (χ0) is 23.3. The molecule has 0 aliphatic carbocycles. The predicted octanol–water partition coefficient (Wildman–Crippen LogP) is -0.138. The van der Waals surface area contributed by atoms with Crippen LogP contribution in [0.4, 0.5) is 0 Å². The third-order valence-electron chi connectivity index (χ3n) is 5.88. The van der Waals surface area contributed by atoms with Crippen molar-refractivity contribution in [1.29, 1.82) is 0 Å². The fraction of sp³-hybridized carbons (Fsp3) is 0.950. The molecule has 2 aliphatic rings. The Bertz CT molecular complexity index is 575. The molecule has 0 spiro atoms. The fourth-order valence-corrected chi connectivity index (χ4v) is 4.58. The molecular weight excluding hydrogens is 416 g/mol. The summed E-state index contributed by atoms with van der Waals surface area (Å²) in [5.41, 5.74) is -1.15. The van der Waals surface area contributed by atoms with Crippen LogP contribution in [-0.2, 0) is 47.4 Å². The van der Waals surface area contributed by atoms with Crippen LogP contribution in [-0.4, -0.2) is 114 Å². The smallest absolute Gasteiger partial charge is 0.303 e. The van der Waals surface area contributed by atoms with Crippen molar-refractivity contribution in [3.63, 3.8) is 0 Å². The normalized spacial score (nSPS) is 43.6. The summed E-state index contributed by atoms with van der Waals surface area (Å²) in [5.74, 6) is -0.548. The molecule has 0 unspecified atom stereocenters. The van der Waals surface area contributed by atoms with Gasteiger partial charge in [0.1, 0.15) is 36.1 Å². The van der Waals surface area contributed by atoms with E-state index in [4.69, 9.17) is 42.6 Å². The van der Waals surface area contributed by atoms with E-state index in [2.05, 4.69) is 0 Å². The van der Waals surface area contributed by atoms with Gasteiger partial charge in [0.2, 0.25) is 0 Å². The first-order valence-corrected chi connectivity index (χ1v) is 10.1. The number of carbonyl (C=O) groups excluding carboxylic acids is 1. The number of carbonyl (C=O) groups is 1. The van der Waals surface area contributed by atoms with E-state index in [0.717, 1.165) is 0 Å². The summed E-state index contributed by atoms with van der Waals surface area (Å²) in [6, 6.07) is 0. The van der Waals surface area contributed by atoms with E-state index < -0.39 is 66.9 Å². The van der Waals surface area contributed by atoms with Crippen LogP contribution in [0.5, 0.6) is 0 Å². The number of hydrogen-bond donors (Lipinski definition) is 1. The lowest BCUT2D eigenvalue weighted by Gasteiger charge is -2.53. The molecule has 10 atom stereocenters. The van der Waals surface area contributed by atoms with Crippen molar-refractivity contribution in [3.8, 4) is 0 Å². The molecular formula is C20H36O11. The number of rotatable bonds is 9. The number of esters is 1. The van der Waals surface area contributed by atoms with E-state index in [-0.39, 0.29) is 6.61 Å². The van der Waals surface area contributed by atoms with Crippen LogP contribution in [0.1, 0.15) is 20.8 Å². The predicted molar refractivity (Wildman–Crippen MR) is 105 cm³/mol. The van der Waals surface area contributed by atoms with Gasteiger partial charge in [-0.1, -0.05) is 0 Å². The van der Waals surface area contributed by atoms with Gasteiger partial charge in [0.25, 0.3) is 0 Å². The minimum atomic E-state index is -1.15. The summed E-state index contributed by atoms with van der Waals surface area (Å²) in [4.78, 5) is 11.9. The van der Waals surface area contributed by atoms with Crippen molar-refractivity contribution in [2.24, 2.45) is 0 Å². The molecule has 1 N–H and O–H groups in total. The van der Waals surface area contributed by atoms with Crippen LogP contribution < -0.4 is 0 Å². The molecule has 2 heterocycles. The van der Waals surface area contributed by atoms with Gasteiger partial charge in [-0.25, -0.2) is 0 Å². The molecule has 0 saturated carbocycles. The Balaban J connectivity index is 2.46. The number of ether oxygens (including phenoxy) is 9. The first-order chi connectivity index (χ1) is 14.7. The number of hydrogen-bond acceptors (Lipinski definition) is 11. The molecule has 0 aromatic rings. The van der Waals surface area contributed by atoms with Crippen molar-refractivity contribution in [3.05, 3.63) is 0 Å². The Kier molecular flexibility index (Phi) is 9.61. The second-order valence-electron chi connectivity index (χ2n) is 7.76. The Labute approximate surface area is 183 Å². The van der Waals surface area contributed by atoms with E-state index in [1.165, 1.54) is 42.5 Å². The Morgan fingerprint density at radius 1 is 0.871 bits per heavy atom. The van der Waals surface area contributed by atoms with E-state index in [1.54, 1.807) is 6.92 Å². The molecule has 2 fully saturated rings. The maximum atomic E-state index is 11.9. The molecule has 2 saturated heterocycles. The molecule has 31 heavy (non-hydrogen) atoms. The van der Waals surface area contributed by atoms with Crippen molar-refractivity contribution in [2.45, 2.75) is 81.7 Å². The Hall–Kier alpha value is -0.890. The van der Waals surface area contributed by atoms with Crippen LogP contribution in [0, 0.1) is 0 Å². The quantitative estimate of drug-likeness (QED) is 0.471. The number of aliphatic hydroxyl groups excluding tert-OH is 1. The molecule has 182 valence electrons. The summed E-state index contributed by atoms with van der Waals surface area (Å²) in [6.45, 7) is 4.53. The van der Waals surface area contributed by atoms with Crippen LogP contribution >= 0.6 is 0 Å². The highest BCUT2D eigenvalue weighted by Crippen LogP contribution is 2.40. The first-order valence-electron chi connectivity index (χ1n) is 10.1. The Morgan fingerprint density at radius 3 is 1.94 bits per heavy atom.